The molecule has 3 rings (SSSR count). The molecule has 1 aliphatic heterocycles. The summed E-state index contributed by atoms with van der Waals surface area (Å²) in [6.45, 7) is 0.697. The number of aromatic nitrogens is 4. The largest absolute Gasteiger partial charge is 0.480 e. The molecule has 1 aliphatic rings. The third-order valence-electron chi connectivity index (χ3n) is 3.51. The maximum atomic E-state index is 11.5. The summed E-state index contributed by atoms with van der Waals surface area (Å²) in [5.41, 5.74) is 1.27. The van der Waals surface area contributed by atoms with Crippen molar-refractivity contribution in [1.82, 2.24) is 19.9 Å². The van der Waals surface area contributed by atoms with Gasteiger partial charge in [-0.3, -0.25) is 0 Å². The lowest BCUT2D eigenvalue weighted by molar-refractivity contribution is -0.138. The van der Waals surface area contributed by atoms with Crippen molar-refractivity contribution in [2.24, 2.45) is 0 Å². The number of aromatic amines is 1. The Morgan fingerprint density at radius 3 is 3.05 bits per heavy atom. The molecule has 0 aromatic carbocycles. The molecule has 0 saturated carbocycles. The summed E-state index contributed by atoms with van der Waals surface area (Å²) in [7, 11) is 0. The van der Waals surface area contributed by atoms with Crippen LogP contribution in [0.15, 0.2) is 12.7 Å². The van der Waals surface area contributed by atoms with Crippen LogP contribution >= 0.6 is 0 Å². The Hall–Kier alpha value is -2.18. The fraction of sp³-hybridized carbons (Fsp3) is 0.500. The molecule has 0 aliphatic carbocycles. The van der Waals surface area contributed by atoms with E-state index in [1.807, 2.05) is 4.90 Å². The summed E-state index contributed by atoms with van der Waals surface area (Å²) in [4.78, 5) is 28.7. The Labute approximate surface area is 109 Å². The van der Waals surface area contributed by atoms with E-state index in [-0.39, 0.29) is 0 Å². The number of carboxylic acid groups (broad SMARTS) is 1. The normalized spacial score (nSPS) is 20.4. The van der Waals surface area contributed by atoms with Crippen LogP contribution in [0.4, 0.5) is 5.82 Å². The molecule has 2 aromatic rings. The SMILES string of the molecule is O=C(O)C1CCCCCN1c1ncnc2nc[nH]c12. The first-order valence-electron chi connectivity index (χ1n) is 6.41. The average molecular weight is 261 g/mol. The van der Waals surface area contributed by atoms with Gasteiger partial charge in [0.25, 0.3) is 0 Å². The van der Waals surface area contributed by atoms with Gasteiger partial charge in [-0.1, -0.05) is 12.8 Å². The van der Waals surface area contributed by atoms with Gasteiger partial charge in [-0.25, -0.2) is 19.7 Å². The molecule has 0 bridgehead atoms. The number of H-pyrrole nitrogens is 1. The predicted octanol–water partition coefficient (Wildman–Crippen LogP) is 1.19. The maximum Gasteiger partial charge on any atom is 0.326 e. The van der Waals surface area contributed by atoms with E-state index in [9.17, 15) is 9.90 Å². The Balaban J connectivity index is 2.06. The van der Waals surface area contributed by atoms with E-state index in [0.717, 1.165) is 19.3 Å². The van der Waals surface area contributed by atoms with Crippen molar-refractivity contribution >= 4 is 23.0 Å². The van der Waals surface area contributed by atoms with Crippen molar-refractivity contribution in [1.29, 1.82) is 0 Å². The summed E-state index contributed by atoms with van der Waals surface area (Å²) in [5, 5.41) is 9.41. The van der Waals surface area contributed by atoms with Crippen molar-refractivity contribution in [2.75, 3.05) is 11.4 Å². The molecule has 2 N–H and O–H groups in total. The standard InChI is InChI=1S/C12H15N5O2/c18-12(19)8-4-2-1-3-5-17(8)11-9-10(14-6-13-9)15-7-16-11/h6-8H,1-5H2,(H,18,19)(H,13,14,15,16). The molecule has 3 heterocycles. The first-order chi connectivity index (χ1) is 9.27. The number of carboxylic acids is 1. The Morgan fingerprint density at radius 1 is 1.32 bits per heavy atom. The van der Waals surface area contributed by atoms with Gasteiger partial charge in [0.2, 0.25) is 0 Å². The Bertz CT molecular complexity index is 597. The van der Waals surface area contributed by atoms with Crippen molar-refractivity contribution in [3.8, 4) is 0 Å². The topological polar surface area (TPSA) is 95.0 Å². The van der Waals surface area contributed by atoms with Crippen LogP contribution in [0.1, 0.15) is 25.7 Å². The van der Waals surface area contributed by atoms with Crippen LogP contribution in [0.2, 0.25) is 0 Å². The summed E-state index contributed by atoms with van der Waals surface area (Å²) < 4.78 is 0. The molecular weight excluding hydrogens is 246 g/mol. The number of aliphatic carboxylic acids is 1. The van der Waals surface area contributed by atoms with Crippen LogP contribution in [0.3, 0.4) is 0 Å². The minimum atomic E-state index is -0.798. The number of nitrogens with zero attached hydrogens (tertiary/aromatic N) is 4. The van der Waals surface area contributed by atoms with Gasteiger partial charge in [-0.2, -0.15) is 0 Å². The van der Waals surface area contributed by atoms with Gasteiger partial charge < -0.3 is 15.0 Å². The van der Waals surface area contributed by atoms with E-state index in [4.69, 9.17) is 0 Å². The van der Waals surface area contributed by atoms with Crippen molar-refractivity contribution in [3.05, 3.63) is 12.7 Å². The van der Waals surface area contributed by atoms with Crippen LogP contribution < -0.4 is 4.90 Å². The maximum absolute atomic E-state index is 11.5. The fourth-order valence-corrected chi connectivity index (χ4v) is 2.59. The lowest BCUT2D eigenvalue weighted by Crippen LogP contribution is -2.41. The quantitative estimate of drug-likeness (QED) is 0.843. The molecule has 1 atom stereocenters. The van der Waals surface area contributed by atoms with Crippen LogP contribution in [0, 0.1) is 0 Å². The summed E-state index contributed by atoms with van der Waals surface area (Å²) in [6, 6.07) is -0.524. The zero-order valence-corrected chi connectivity index (χ0v) is 10.4. The van der Waals surface area contributed by atoms with E-state index in [0.29, 0.717) is 29.9 Å². The number of fused-ring (bicyclic) bond motifs is 1. The fourth-order valence-electron chi connectivity index (χ4n) is 2.59. The second kappa shape index (κ2) is 4.83. The number of nitrogens with one attached hydrogen (secondary N) is 1. The van der Waals surface area contributed by atoms with Gasteiger partial charge >= 0.3 is 5.97 Å². The van der Waals surface area contributed by atoms with Crippen molar-refractivity contribution in [3.63, 3.8) is 0 Å². The second-order valence-electron chi connectivity index (χ2n) is 4.70. The minimum absolute atomic E-state index is 0.524. The minimum Gasteiger partial charge on any atom is -0.480 e. The number of anilines is 1. The summed E-state index contributed by atoms with van der Waals surface area (Å²) in [5.74, 6) is -0.162. The van der Waals surface area contributed by atoms with Gasteiger partial charge in [0.15, 0.2) is 11.5 Å². The van der Waals surface area contributed by atoms with Gasteiger partial charge in [-0.05, 0) is 12.8 Å². The molecular formula is C12H15N5O2. The number of imidazole rings is 1. The first-order valence-corrected chi connectivity index (χ1v) is 6.41. The van der Waals surface area contributed by atoms with Gasteiger partial charge in [0.1, 0.15) is 17.9 Å². The molecule has 1 unspecified atom stereocenters. The second-order valence-corrected chi connectivity index (χ2v) is 4.70. The monoisotopic (exact) mass is 261 g/mol. The number of hydrogen-bond donors (Lipinski definition) is 2. The highest BCUT2D eigenvalue weighted by molar-refractivity contribution is 5.86. The van der Waals surface area contributed by atoms with E-state index >= 15 is 0 Å². The zero-order chi connectivity index (χ0) is 13.2. The Morgan fingerprint density at radius 2 is 2.21 bits per heavy atom. The molecule has 100 valence electrons. The molecule has 2 aromatic heterocycles. The van der Waals surface area contributed by atoms with Crippen LogP contribution in [0.5, 0.6) is 0 Å². The molecule has 19 heavy (non-hydrogen) atoms. The smallest absolute Gasteiger partial charge is 0.326 e. The molecule has 1 saturated heterocycles. The molecule has 0 spiro atoms. The van der Waals surface area contributed by atoms with Crippen LogP contribution in [-0.4, -0.2) is 43.6 Å². The van der Waals surface area contributed by atoms with E-state index in [2.05, 4.69) is 19.9 Å². The lowest BCUT2D eigenvalue weighted by Gasteiger charge is -2.27. The number of rotatable bonds is 2. The van der Waals surface area contributed by atoms with Crippen molar-refractivity contribution in [2.45, 2.75) is 31.7 Å². The molecule has 0 radical (unpaired) electrons. The molecule has 7 heteroatoms. The number of carbonyl (C=O) groups is 1. The number of hydrogen-bond acceptors (Lipinski definition) is 5. The van der Waals surface area contributed by atoms with Gasteiger partial charge in [0, 0.05) is 6.54 Å². The Kier molecular flexibility index (Phi) is 3.02. The van der Waals surface area contributed by atoms with Gasteiger partial charge in [0.05, 0.1) is 6.33 Å². The van der Waals surface area contributed by atoms with Crippen molar-refractivity contribution < 1.29 is 9.90 Å². The molecule has 7 nitrogen and oxygen atoms in total. The average Bonchev–Trinajstić information content (AvgIpc) is 2.74. The van der Waals surface area contributed by atoms with Crippen LogP contribution in [-0.2, 0) is 4.79 Å². The van der Waals surface area contributed by atoms with Crippen LogP contribution in [0.25, 0.3) is 11.2 Å². The van der Waals surface area contributed by atoms with E-state index in [1.54, 1.807) is 6.33 Å². The molecule has 1 fully saturated rings. The summed E-state index contributed by atoms with van der Waals surface area (Å²) >= 11 is 0. The highest BCUT2D eigenvalue weighted by atomic mass is 16.4. The highest BCUT2D eigenvalue weighted by Crippen LogP contribution is 2.26. The summed E-state index contributed by atoms with van der Waals surface area (Å²) in [6.07, 6.45) is 6.60. The van der Waals surface area contributed by atoms with Gasteiger partial charge in [-0.15, -0.1) is 0 Å². The first kappa shape index (κ1) is 11.9. The zero-order valence-electron chi connectivity index (χ0n) is 10.4. The predicted molar refractivity (Wildman–Crippen MR) is 68.9 cm³/mol. The third kappa shape index (κ3) is 2.11. The van der Waals surface area contributed by atoms with E-state index < -0.39 is 12.0 Å². The van der Waals surface area contributed by atoms with E-state index in [1.165, 1.54) is 6.33 Å². The third-order valence-corrected chi connectivity index (χ3v) is 3.51. The lowest BCUT2D eigenvalue weighted by atomic mass is 10.1. The highest BCUT2D eigenvalue weighted by Gasteiger charge is 2.29. The molecule has 0 amide bonds.